The van der Waals surface area contributed by atoms with E-state index in [0.29, 0.717) is 17.4 Å². The molecule has 0 bridgehead atoms. The molecule has 1 amide bonds. The Kier molecular flexibility index (Phi) is 5.67. The van der Waals surface area contributed by atoms with Crippen LogP contribution in [0.15, 0.2) is 64.8 Å². The van der Waals surface area contributed by atoms with Crippen LogP contribution in [0.4, 0.5) is 5.69 Å². The van der Waals surface area contributed by atoms with Gasteiger partial charge in [-0.15, -0.1) is 0 Å². The van der Waals surface area contributed by atoms with Crippen molar-refractivity contribution >= 4 is 34.7 Å². The van der Waals surface area contributed by atoms with Gasteiger partial charge in [-0.2, -0.15) is 0 Å². The number of hydrogen-bond donors (Lipinski definition) is 2. The lowest BCUT2D eigenvalue weighted by molar-refractivity contribution is -0.132. The zero-order valence-corrected chi connectivity index (χ0v) is 18.1. The number of benzene rings is 2. The van der Waals surface area contributed by atoms with Crippen molar-refractivity contribution in [3.05, 3.63) is 82.3 Å². The minimum Gasteiger partial charge on any atom is -0.507 e. The third-order valence-electron chi connectivity index (χ3n) is 5.15. The summed E-state index contributed by atoms with van der Waals surface area (Å²) >= 11 is 6.14. The molecule has 1 atom stereocenters. The Balaban J connectivity index is 1.93. The second-order valence-electron chi connectivity index (χ2n) is 7.25. The van der Waals surface area contributed by atoms with E-state index in [2.05, 4.69) is 0 Å². The summed E-state index contributed by atoms with van der Waals surface area (Å²) < 4.78 is 11.0. The van der Waals surface area contributed by atoms with E-state index in [1.165, 1.54) is 30.5 Å². The van der Waals surface area contributed by atoms with Gasteiger partial charge in [-0.3, -0.25) is 14.5 Å². The van der Waals surface area contributed by atoms with Crippen LogP contribution < -0.4 is 9.64 Å². The van der Waals surface area contributed by atoms with E-state index in [1.807, 2.05) is 0 Å². The standard InChI is InChI=1S/C24H20ClNO6/c1-3-31-19-12-14(7-8-15(19)25)22(28)20-21(18-5-4-10-32-18)26(24(30)23(20)29)16-11-13(2)6-9-17(16)27/h4-12,21,27-28H,3H2,1-2H3/b22-20-. The Bertz CT molecular complexity index is 1230. The molecule has 0 aliphatic carbocycles. The second-order valence-corrected chi connectivity index (χ2v) is 7.66. The first-order chi connectivity index (χ1) is 15.3. The fourth-order valence-corrected chi connectivity index (χ4v) is 3.87. The van der Waals surface area contributed by atoms with Crippen molar-refractivity contribution in [3.8, 4) is 11.5 Å². The number of ketones is 1. The van der Waals surface area contributed by atoms with Crippen molar-refractivity contribution in [1.29, 1.82) is 0 Å². The van der Waals surface area contributed by atoms with Crippen molar-refractivity contribution < 1.29 is 29.0 Å². The Morgan fingerprint density at radius 1 is 1.19 bits per heavy atom. The van der Waals surface area contributed by atoms with Crippen molar-refractivity contribution in [2.75, 3.05) is 11.5 Å². The molecule has 1 saturated heterocycles. The molecule has 1 fully saturated rings. The van der Waals surface area contributed by atoms with E-state index in [4.69, 9.17) is 20.8 Å². The number of rotatable bonds is 5. The quantitative estimate of drug-likeness (QED) is 0.321. The third kappa shape index (κ3) is 3.61. The summed E-state index contributed by atoms with van der Waals surface area (Å²) in [6, 6.07) is 11.4. The number of furan rings is 1. The molecule has 1 aromatic heterocycles. The molecule has 2 aromatic carbocycles. The molecule has 4 rings (SSSR count). The molecule has 8 heteroatoms. The number of aliphatic hydroxyl groups is 1. The number of carbonyl (C=O) groups excluding carboxylic acids is 2. The van der Waals surface area contributed by atoms with Gasteiger partial charge < -0.3 is 19.4 Å². The van der Waals surface area contributed by atoms with Crippen molar-refractivity contribution in [1.82, 2.24) is 0 Å². The highest BCUT2D eigenvalue weighted by Crippen LogP contribution is 2.45. The molecule has 3 aromatic rings. The lowest BCUT2D eigenvalue weighted by Crippen LogP contribution is -2.29. The predicted molar refractivity (Wildman–Crippen MR) is 119 cm³/mol. The van der Waals surface area contributed by atoms with Gasteiger partial charge in [0.2, 0.25) is 0 Å². The van der Waals surface area contributed by atoms with Crippen LogP contribution in [0.3, 0.4) is 0 Å². The normalized spacial score (nSPS) is 17.7. The van der Waals surface area contributed by atoms with Gasteiger partial charge >= 0.3 is 0 Å². The number of phenolic OH excluding ortho intramolecular Hbond substituents is 1. The first-order valence-corrected chi connectivity index (χ1v) is 10.3. The largest absolute Gasteiger partial charge is 0.507 e. The minimum atomic E-state index is -1.08. The molecule has 1 aliphatic heterocycles. The second kappa shape index (κ2) is 8.43. The molecular weight excluding hydrogens is 434 g/mol. The lowest BCUT2D eigenvalue weighted by atomic mass is 9.99. The molecule has 7 nitrogen and oxygen atoms in total. The number of carbonyl (C=O) groups is 2. The van der Waals surface area contributed by atoms with E-state index in [-0.39, 0.29) is 28.3 Å². The highest BCUT2D eigenvalue weighted by molar-refractivity contribution is 6.51. The lowest BCUT2D eigenvalue weighted by Gasteiger charge is -2.24. The van der Waals surface area contributed by atoms with E-state index in [9.17, 15) is 19.8 Å². The van der Waals surface area contributed by atoms with Crippen LogP contribution in [0, 0.1) is 6.92 Å². The van der Waals surface area contributed by atoms with Crippen LogP contribution in [0.2, 0.25) is 5.02 Å². The molecule has 2 N–H and O–H groups in total. The Hall–Kier alpha value is -3.71. The molecule has 0 spiro atoms. The number of nitrogens with zero attached hydrogens (tertiary/aromatic N) is 1. The maximum absolute atomic E-state index is 13.1. The van der Waals surface area contributed by atoms with E-state index in [0.717, 1.165) is 10.5 Å². The maximum atomic E-state index is 13.1. The highest BCUT2D eigenvalue weighted by Gasteiger charge is 2.49. The molecule has 2 heterocycles. The van der Waals surface area contributed by atoms with Crippen molar-refractivity contribution in [2.45, 2.75) is 19.9 Å². The van der Waals surface area contributed by atoms with Gasteiger partial charge in [-0.1, -0.05) is 17.7 Å². The molecule has 0 radical (unpaired) electrons. The number of halogens is 1. The number of aryl methyl sites for hydroxylation is 1. The average molecular weight is 454 g/mol. The van der Waals surface area contributed by atoms with Crippen LogP contribution in [0.1, 0.15) is 29.9 Å². The summed E-state index contributed by atoms with van der Waals surface area (Å²) in [7, 11) is 0. The number of Topliss-reactive ketones (excluding diaryl/α,β-unsaturated/α-hetero) is 1. The van der Waals surface area contributed by atoms with E-state index >= 15 is 0 Å². The van der Waals surface area contributed by atoms with E-state index in [1.54, 1.807) is 38.1 Å². The molecule has 0 saturated carbocycles. The summed E-state index contributed by atoms with van der Waals surface area (Å²) in [4.78, 5) is 27.3. The Labute approximate surface area is 189 Å². The summed E-state index contributed by atoms with van der Waals surface area (Å²) in [6.45, 7) is 3.94. The minimum absolute atomic E-state index is 0.138. The zero-order valence-electron chi connectivity index (χ0n) is 17.3. The summed E-state index contributed by atoms with van der Waals surface area (Å²) in [5.74, 6) is -1.80. The smallest absolute Gasteiger partial charge is 0.300 e. The predicted octanol–water partition coefficient (Wildman–Crippen LogP) is 4.97. The van der Waals surface area contributed by atoms with Crippen LogP contribution in [0.5, 0.6) is 11.5 Å². The van der Waals surface area contributed by atoms with Crippen LogP contribution in [0.25, 0.3) is 5.76 Å². The number of anilines is 1. The SMILES string of the molecule is CCOc1cc(/C(O)=C2/C(=O)C(=O)N(c3cc(C)ccc3O)C2c2ccco2)ccc1Cl. The monoisotopic (exact) mass is 453 g/mol. The first-order valence-electron chi connectivity index (χ1n) is 9.90. The number of aliphatic hydroxyl groups excluding tert-OH is 1. The number of phenols is 1. The summed E-state index contributed by atoms with van der Waals surface area (Å²) in [6.07, 6.45) is 1.40. The molecular formula is C24H20ClNO6. The van der Waals surface area contributed by atoms with Crippen molar-refractivity contribution in [3.63, 3.8) is 0 Å². The van der Waals surface area contributed by atoms with Crippen LogP contribution in [-0.4, -0.2) is 28.5 Å². The molecule has 164 valence electrons. The van der Waals surface area contributed by atoms with Crippen LogP contribution >= 0.6 is 11.6 Å². The topological polar surface area (TPSA) is 100 Å². The van der Waals surface area contributed by atoms with Crippen LogP contribution in [-0.2, 0) is 9.59 Å². The number of amides is 1. The molecule has 1 unspecified atom stereocenters. The Morgan fingerprint density at radius 2 is 1.97 bits per heavy atom. The number of ether oxygens (including phenoxy) is 1. The summed E-state index contributed by atoms with van der Waals surface area (Å²) in [5, 5.41) is 21.9. The fraction of sp³-hybridized carbons (Fsp3) is 0.167. The number of hydrogen-bond acceptors (Lipinski definition) is 6. The van der Waals surface area contributed by atoms with Gasteiger partial charge in [-0.25, -0.2) is 0 Å². The zero-order chi connectivity index (χ0) is 23.0. The van der Waals surface area contributed by atoms with Gasteiger partial charge in [0.1, 0.15) is 29.1 Å². The number of aromatic hydroxyl groups is 1. The van der Waals surface area contributed by atoms with Gasteiger partial charge in [-0.05, 0) is 61.9 Å². The van der Waals surface area contributed by atoms with Gasteiger partial charge in [0.25, 0.3) is 11.7 Å². The van der Waals surface area contributed by atoms with Gasteiger partial charge in [0, 0.05) is 5.56 Å². The fourth-order valence-electron chi connectivity index (χ4n) is 3.70. The average Bonchev–Trinajstić information content (AvgIpc) is 3.38. The van der Waals surface area contributed by atoms with E-state index < -0.39 is 23.5 Å². The van der Waals surface area contributed by atoms with Gasteiger partial charge in [0.05, 0.1) is 29.2 Å². The first kappa shape index (κ1) is 21.5. The highest BCUT2D eigenvalue weighted by atomic mass is 35.5. The van der Waals surface area contributed by atoms with Crippen molar-refractivity contribution in [2.24, 2.45) is 0 Å². The van der Waals surface area contributed by atoms with Gasteiger partial charge in [0.15, 0.2) is 0 Å². The maximum Gasteiger partial charge on any atom is 0.300 e. The molecule has 1 aliphatic rings. The summed E-state index contributed by atoms with van der Waals surface area (Å²) in [5.41, 5.74) is 0.993. The third-order valence-corrected chi connectivity index (χ3v) is 5.46. The molecule has 32 heavy (non-hydrogen) atoms. The Morgan fingerprint density at radius 3 is 2.66 bits per heavy atom.